The van der Waals surface area contributed by atoms with Crippen molar-refractivity contribution in [3.63, 3.8) is 0 Å². The number of halogens is 2. The van der Waals surface area contributed by atoms with E-state index in [-0.39, 0.29) is 5.92 Å². The van der Waals surface area contributed by atoms with E-state index < -0.39 is 11.6 Å². The first-order valence-electron chi connectivity index (χ1n) is 9.01. The second kappa shape index (κ2) is 8.17. The number of nitrogens with one attached hydrogen (secondary N) is 2. The van der Waals surface area contributed by atoms with Crippen LogP contribution in [0.3, 0.4) is 0 Å². The van der Waals surface area contributed by atoms with Crippen molar-refractivity contribution in [3.05, 3.63) is 53.6 Å². The van der Waals surface area contributed by atoms with Crippen LogP contribution >= 0.6 is 0 Å². The lowest BCUT2D eigenvalue weighted by molar-refractivity contribution is 0.473. The zero-order valence-corrected chi connectivity index (χ0v) is 15.5. The van der Waals surface area contributed by atoms with Crippen LogP contribution in [0.5, 0.6) is 0 Å². The van der Waals surface area contributed by atoms with Crippen LogP contribution in [0.1, 0.15) is 18.4 Å². The van der Waals surface area contributed by atoms with Gasteiger partial charge in [0.1, 0.15) is 11.9 Å². The Morgan fingerprint density at radius 3 is 2.54 bits per heavy atom. The molecule has 0 aromatic heterocycles. The maximum Gasteiger partial charge on any atom is 0.159 e. The lowest BCUT2D eigenvalue weighted by Crippen LogP contribution is -2.41. The molecule has 7 heteroatoms. The molecule has 1 aliphatic rings. The summed E-state index contributed by atoms with van der Waals surface area (Å²) in [5.74, 6) is -1.38. The van der Waals surface area contributed by atoms with Crippen molar-refractivity contribution in [2.24, 2.45) is 5.92 Å². The average Bonchev–Trinajstić information content (AvgIpc) is 2.74. The largest absolute Gasteiger partial charge is 0.370 e. The van der Waals surface area contributed by atoms with Gasteiger partial charge < -0.3 is 9.80 Å². The molecule has 1 saturated heterocycles. The molecule has 5 nitrogen and oxygen atoms in total. The van der Waals surface area contributed by atoms with Crippen LogP contribution in [-0.2, 0) is 0 Å². The van der Waals surface area contributed by atoms with Crippen molar-refractivity contribution in [1.82, 2.24) is 4.90 Å². The van der Waals surface area contributed by atoms with Crippen molar-refractivity contribution in [2.45, 2.75) is 12.8 Å². The minimum absolute atomic E-state index is 0.0452. The number of anilines is 1. The van der Waals surface area contributed by atoms with Gasteiger partial charge in [0.05, 0.1) is 17.6 Å². The SMILES string of the molecule is CN(C=N)C(=N)C1CCN(c2c(C#N)cccc2-c2ccc(F)c(F)c2)CC1. The van der Waals surface area contributed by atoms with Gasteiger partial charge in [0.25, 0.3) is 0 Å². The van der Waals surface area contributed by atoms with Gasteiger partial charge in [-0.2, -0.15) is 5.26 Å². The fourth-order valence-corrected chi connectivity index (χ4v) is 3.61. The summed E-state index contributed by atoms with van der Waals surface area (Å²) in [6.45, 7) is 1.27. The number of hydrogen-bond acceptors (Lipinski definition) is 4. The van der Waals surface area contributed by atoms with E-state index in [0.29, 0.717) is 54.1 Å². The molecular weight excluding hydrogens is 360 g/mol. The van der Waals surface area contributed by atoms with E-state index >= 15 is 0 Å². The van der Waals surface area contributed by atoms with Gasteiger partial charge in [-0.25, -0.2) is 8.78 Å². The molecule has 0 atom stereocenters. The van der Waals surface area contributed by atoms with Gasteiger partial charge in [-0.15, -0.1) is 0 Å². The highest BCUT2D eigenvalue weighted by Gasteiger charge is 2.27. The molecule has 3 rings (SSSR count). The molecule has 1 heterocycles. The molecule has 0 amide bonds. The van der Waals surface area contributed by atoms with Crippen molar-refractivity contribution < 1.29 is 8.78 Å². The van der Waals surface area contributed by atoms with E-state index in [4.69, 9.17) is 10.8 Å². The molecule has 28 heavy (non-hydrogen) atoms. The molecule has 0 unspecified atom stereocenters. The topological polar surface area (TPSA) is 78.0 Å². The number of nitriles is 1. The van der Waals surface area contributed by atoms with E-state index in [1.165, 1.54) is 11.0 Å². The van der Waals surface area contributed by atoms with Crippen molar-refractivity contribution in [2.75, 3.05) is 25.0 Å². The van der Waals surface area contributed by atoms with Gasteiger partial charge in [0, 0.05) is 31.6 Å². The summed E-state index contributed by atoms with van der Waals surface area (Å²) in [5.41, 5.74) is 2.39. The molecule has 0 radical (unpaired) electrons. The molecule has 0 bridgehead atoms. The highest BCUT2D eigenvalue weighted by molar-refractivity contribution is 5.90. The van der Waals surface area contributed by atoms with Crippen LogP contribution < -0.4 is 4.90 Å². The van der Waals surface area contributed by atoms with Gasteiger partial charge in [0.2, 0.25) is 0 Å². The summed E-state index contributed by atoms with van der Waals surface area (Å²) in [5, 5.41) is 25.1. The zero-order chi connectivity index (χ0) is 20.3. The van der Waals surface area contributed by atoms with E-state index in [9.17, 15) is 14.0 Å². The number of piperidine rings is 1. The Bertz CT molecular complexity index is 942. The number of hydrogen-bond donors (Lipinski definition) is 2. The molecular formula is C21H21F2N5. The second-order valence-corrected chi connectivity index (χ2v) is 6.83. The number of benzene rings is 2. The minimum Gasteiger partial charge on any atom is -0.370 e. The number of rotatable bonds is 4. The van der Waals surface area contributed by atoms with Crippen LogP contribution in [0.15, 0.2) is 36.4 Å². The molecule has 0 spiro atoms. The Labute approximate surface area is 162 Å². The van der Waals surface area contributed by atoms with Gasteiger partial charge in [-0.05, 0) is 36.6 Å². The normalized spacial score (nSPS) is 14.4. The van der Waals surface area contributed by atoms with Gasteiger partial charge in [-0.3, -0.25) is 10.8 Å². The van der Waals surface area contributed by atoms with Crippen LogP contribution in [0, 0.1) is 39.7 Å². The monoisotopic (exact) mass is 381 g/mol. The fourth-order valence-electron chi connectivity index (χ4n) is 3.61. The van der Waals surface area contributed by atoms with Gasteiger partial charge in [-0.1, -0.05) is 18.2 Å². The standard InChI is InChI=1S/C21H21F2N5/c1-27(13-25)21(26)14-7-9-28(10-8-14)20-16(12-24)3-2-4-17(20)15-5-6-18(22)19(23)11-15/h2-6,11,13-14,25-26H,7-10H2,1H3. The number of nitrogens with zero attached hydrogens (tertiary/aromatic N) is 3. The molecule has 2 aromatic carbocycles. The molecule has 2 N–H and O–H groups in total. The molecule has 1 fully saturated rings. The Morgan fingerprint density at radius 1 is 1.21 bits per heavy atom. The molecule has 0 aliphatic carbocycles. The minimum atomic E-state index is -0.923. The van der Waals surface area contributed by atoms with Crippen LogP contribution in [0.4, 0.5) is 14.5 Å². The lowest BCUT2D eigenvalue weighted by atomic mass is 9.92. The van der Waals surface area contributed by atoms with Crippen molar-refractivity contribution in [3.8, 4) is 17.2 Å². The first kappa shape index (κ1) is 19.5. The lowest BCUT2D eigenvalue weighted by Gasteiger charge is -2.36. The van der Waals surface area contributed by atoms with E-state index in [2.05, 4.69) is 11.0 Å². The van der Waals surface area contributed by atoms with Gasteiger partial charge >= 0.3 is 0 Å². The molecule has 2 aromatic rings. The molecule has 144 valence electrons. The Kier molecular flexibility index (Phi) is 5.69. The van der Waals surface area contributed by atoms with Crippen molar-refractivity contribution in [1.29, 1.82) is 16.1 Å². The molecule has 0 saturated carbocycles. The average molecular weight is 381 g/mol. The summed E-state index contributed by atoms with van der Waals surface area (Å²) in [6.07, 6.45) is 2.56. The Morgan fingerprint density at radius 2 is 1.93 bits per heavy atom. The third kappa shape index (κ3) is 3.72. The number of para-hydroxylation sites is 1. The maximum atomic E-state index is 13.8. The summed E-state index contributed by atoms with van der Waals surface area (Å²) < 4.78 is 27.1. The summed E-state index contributed by atoms with van der Waals surface area (Å²) in [6, 6.07) is 11.2. The second-order valence-electron chi connectivity index (χ2n) is 6.83. The quantitative estimate of drug-likeness (QED) is 0.614. The van der Waals surface area contributed by atoms with E-state index in [1.54, 1.807) is 25.2 Å². The smallest absolute Gasteiger partial charge is 0.159 e. The number of amidine groups is 1. The van der Waals surface area contributed by atoms with Crippen LogP contribution in [0.2, 0.25) is 0 Å². The first-order chi connectivity index (χ1) is 13.5. The van der Waals surface area contributed by atoms with E-state index in [1.807, 2.05) is 0 Å². The maximum absolute atomic E-state index is 13.8. The van der Waals surface area contributed by atoms with E-state index in [0.717, 1.165) is 18.5 Å². The Balaban J connectivity index is 1.92. The van der Waals surface area contributed by atoms with Crippen LogP contribution in [0.25, 0.3) is 11.1 Å². The van der Waals surface area contributed by atoms with Gasteiger partial charge in [0.15, 0.2) is 11.6 Å². The predicted molar refractivity (Wildman–Crippen MR) is 106 cm³/mol. The summed E-state index contributed by atoms with van der Waals surface area (Å²) in [4.78, 5) is 3.57. The fraction of sp³-hybridized carbons (Fsp3) is 0.286. The third-order valence-electron chi connectivity index (χ3n) is 5.16. The van der Waals surface area contributed by atoms with Crippen LogP contribution in [-0.4, -0.2) is 37.2 Å². The first-order valence-corrected chi connectivity index (χ1v) is 9.01. The summed E-state index contributed by atoms with van der Waals surface area (Å²) in [7, 11) is 1.69. The predicted octanol–water partition coefficient (Wildman–Crippen LogP) is 4.24. The molecule has 1 aliphatic heterocycles. The third-order valence-corrected chi connectivity index (χ3v) is 5.16. The van der Waals surface area contributed by atoms with Crippen molar-refractivity contribution >= 4 is 17.9 Å². The Hall–Kier alpha value is -3.27. The highest BCUT2D eigenvalue weighted by Crippen LogP contribution is 2.36. The zero-order valence-electron chi connectivity index (χ0n) is 15.5. The summed E-state index contributed by atoms with van der Waals surface area (Å²) >= 11 is 0. The highest BCUT2D eigenvalue weighted by atomic mass is 19.2.